The number of nitrogens with zero attached hydrogens (tertiary/aromatic N) is 1. The van der Waals surface area contributed by atoms with Gasteiger partial charge in [-0.25, -0.2) is 8.42 Å². The fourth-order valence-electron chi connectivity index (χ4n) is 2.14. The van der Waals surface area contributed by atoms with Gasteiger partial charge in [0.15, 0.2) is 0 Å². The third-order valence-corrected chi connectivity index (χ3v) is 6.16. The van der Waals surface area contributed by atoms with Crippen molar-refractivity contribution in [3.63, 3.8) is 0 Å². The summed E-state index contributed by atoms with van der Waals surface area (Å²) in [5.74, 6) is -1.36. The van der Waals surface area contributed by atoms with Gasteiger partial charge in [-0.1, -0.05) is 18.2 Å². The summed E-state index contributed by atoms with van der Waals surface area (Å²) in [6.07, 6.45) is 0.0546. The van der Waals surface area contributed by atoms with Crippen molar-refractivity contribution < 1.29 is 23.1 Å². The number of benzene rings is 1. The molecule has 0 bridgehead atoms. The van der Waals surface area contributed by atoms with Gasteiger partial charge in [0.1, 0.15) is 10.8 Å². The van der Waals surface area contributed by atoms with E-state index in [9.17, 15) is 18.0 Å². The number of carboxylic acids is 1. The Labute approximate surface area is 150 Å². The van der Waals surface area contributed by atoms with Crippen LogP contribution in [0.25, 0.3) is 0 Å². The molecular weight excluding hydrogens is 364 g/mol. The molecule has 1 amide bonds. The Balaban J connectivity index is 2.02. The van der Waals surface area contributed by atoms with Crippen LogP contribution in [0.15, 0.2) is 46.0 Å². The molecule has 0 radical (unpaired) electrons. The minimum Gasteiger partial charge on any atom is -0.480 e. The summed E-state index contributed by atoms with van der Waals surface area (Å²) in [5.41, 5.74) is 1.07. The largest absolute Gasteiger partial charge is 0.480 e. The molecular formula is C16H18N2O5S2. The van der Waals surface area contributed by atoms with Crippen LogP contribution in [0.2, 0.25) is 0 Å². The molecule has 9 heteroatoms. The monoisotopic (exact) mass is 382 g/mol. The molecule has 0 aliphatic rings. The summed E-state index contributed by atoms with van der Waals surface area (Å²) in [7, 11) is -3.61. The van der Waals surface area contributed by atoms with E-state index in [1.807, 2.05) is 0 Å². The van der Waals surface area contributed by atoms with E-state index < -0.39 is 16.0 Å². The van der Waals surface area contributed by atoms with Crippen molar-refractivity contribution in [1.29, 1.82) is 0 Å². The van der Waals surface area contributed by atoms with Crippen molar-refractivity contribution >= 4 is 38.9 Å². The van der Waals surface area contributed by atoms with E-state index in [-0.39, 0.29) is 23.1 Å². The van der Waals surface area contributed by atoms with Gasteiger partial charge in [-0.05, 0) is 36.1 Å². The molecule has 7 nitrogen and oxygen atoms in total. The molecule has 134 valence electrons. The van der Waals surface area contributed by atoms with Gasteiger partial charge >= 0.3 is 5.97 Å². The van der Waals surface area contributed by atoms with E-state index >= 15 is 0 Å². The number of amides is 1. The summed E-state index contributed by atoms with van der Waals surface area (Å²) < 4.78 is 27.0. The van der Waals surface area contributed by atoms with Crippen LogP contribution in [0.4, 0.5) is 5.69 Å². The maximum absolute atomic E-state index is 12.1. The van der Waals surface area contributed by atoms with E-state index in [0.717, 1.165) is 11.3 Å². The Hall–Kier alpha value is -2.39. The van der Waals surface area contributed by atoms with Crippen molar-refractivity contribution in [3.05, 3.63) is 47.3 Å². The fourth-order valence-corrected chi connectivity index (χ4v) is 4.19. The SMILES string of the molecule is CCN(CC(=O)O)C(=O)Cc1ccc(NS(=O)(=O)c2cccs2)cc1. The first-order valence-corrected chi connectivity index (χ1v) is 9.83. The van der Waals surface area contributed by atoms with Crippen LogP contribution < -0.4 is 4.72 Å². The Morgan fingerprint density at radius 1 is 1.20 bits per heavy atom. The second-order valence-electron chi connectivity index (χ2n) is 5.21. The second-order valence-corrected chi connectivity index (χ2v) is 8.07. The maximum Gasteiger partial charge on any atom is 0.323 e. The number of anilines is 1. The second kappa shape index (κ2) is 8.13. The first-order chi connectivity index (χ1) is 11.8. The number of aliphatic carboxylic acids is 1. The maximum atomic E-state index is 12.1. The minimum absolute atomic E-state index is 0.0546. The van der Waals surface area contributed by atoms with Gasteiger partial charge in [0.05, 0.1) is 6.42 Å². The first kappa shape index (κ1) is 18.9. The van der Waals surface area contributed by atoms with Gasteiger partial charge < -0.3 is 10.0 Å². The van der Waals surface area contributed by atoms with Gasteiger partial charge in [-0.3, -0.25) is 14.3 Å². The lowest BCUT2D eigenvalue weighted by atomic mass is 10.1. The third-order valence-electron chi connectivity index (χ3n) is 3.38. The van der Waals surface area contributed by atoms with Gasteiger partial charge in [0.25, 0.3) is 10.0 Å². The van der Waals surface area contributed by atoms with Gasteiger partial charge in [-0.2, -0.15) is 0 Å². The van der Waals surface area contributed by atoms with E-state index in [2.05, 4.69) is 4.72 Å². The summed E-state index contributed by atoms with van der Waals surface area (Å²) in [5, 5.41) is 10.5. The van der Waals surface area contributed by atoms with Crippen molar-refractivity contribution in [1.82, 2.24) is 4.90 Å². The summed E-state index contributed by atoms with van der Waals surface area (Å²) >= 11 is 1.12. The van der Waals surface area contributed by atoms with Gasteiger partial charge in [-0.15, -0.1) is 11.3 Å². The molecule has 1 heterocycles. The van der Waals surface area contributed by atoms with E-state index in [0.29, 0.717) is 17.8 Å². The van der Waals surface area contributed by atoms with E-state index in [1.165, 1.54) is 11.0 Å². The van der Waals surface area contributed by atoms with Crippen LogP contribution in [0.1, 0.15) is 12.5 Å². The number of hydrogen-bond acceptors (Lipinski definition) is 5. The molecule has 25 heavy (non-hydrogen) atoms. The summed E-state index contributed by atoms with van der Waals surface area (Å²) in [6.45, 7) is 1.68. The average Bonchev–Trinajstić information content (AvgIpc) is 3.09. The van der Waals surface area contributed by atoms with Crippen LogP contribution in [0.3, 0.4) is 0 Å². The summed E-state index contributed by atoms with van der Waals surface area (Å²) in [6, 6.07) is 9.59. The molecule has 1 aromatic carbocycles. The Bertz CT molecular complexity index is 830. The van der Waals surface area contributed by atoms with Crippen molar-refractivity contribution in [2.24, 2.45) is 0 Å². The zero-order valence-corrected chi connectivity index (χ0v) is 15.1. The van der Waals surface area contributed by atoms with Crippen LogP contribution in [0, 0.1) is 0 Å². The third kappa shape index (κ3) is 5.30. The average molecular weight is 382 g/mol. The smallest absolute Gasteiger partial charge is 0.323 e. The highest BCUT2D eigenvalue weighted by Crippen LogP contribution is 2.20. The highest BCUT2D eigenvalue weighted by molar-refractivity contribution is 7.94. The number of sulfonamides is 1. The van der Waals surface area contributed by atoms with Crippen molar-refractivity contribution in [2.75, 3.05) is 17.8 Å². The quantitative estimate of drug-likeness (QED) is 0.727. The molecule has 2 aromatic rings. The fraction of sp³-hybridized carbons (Fsp3) is 0.250. The number of hydrogen-bond donors (Lipinski definition) is 2. The molecule has 0 aliphatic carbocycles. The number of thiophene rings is 1. The molecule has 2 N–H and O–H groups in total. The molecule has 0 spiro atoms. The highest BCUT2D eigenvalue weighted by Gasteiger charge is 2.17. The van der Waals surface area contributed by atoms with E-state index in [4.69, 9.17) is 5.11 Å². The summed E-state index contributed by atoms with van der Waals surface area (Å²) in [4.78, 5) is 24.1. The number of carboxylic acid groups (broad SMARTS) is 1. The van der Waals surface area contributed by atoms with E-state index in [1.54, 1.807) is 42.6 Å². The van der Waals surface area contributed by atoms with Crippen LogP contribution in [0.5, 0.6) is 0 Å². The lowest BCUT2D eigenvalue weighted by Crippen LogP contribution is -2.36. The zero-order valence-electron chi connectivity index (χ0n) is 13.5. The van der Waals surface area contributed by atoms with Gasteiger partial charge in [0, 0.05) is 12.2 Å². The number of carbonyl (C=O) groups excluding carboxylic acids is 1. The predicted octanol–water partition coefficient (Wildman–Crippen LogP) is 2.02. The normalized spacial score (nSPS) is 11.1. The molecule has 2 rings (SSSR count). The topological polar surface area (TPSA) is 104 Å². The molecule has 0 saturated carbocycles. The molecule has 0 fully saturated rings. The minimum atomic E-state index is -3.61. The number of nitrogens with one attached hydrogen (secondary N) is 1. The van der Waals surface area contributed by atoms with Gasteiger partial charge in [0.2, 0.25) is 5.91 Å². The Morgan fingerprint density at radius 3 is 2.40 bits per heavy atom. The Kier molecular flexibility index (Phi) is 6.16. The Morgan fingerprint density at radius 2 is 1.88 bits per heavy atom. The lowest BCUT2D eigenvalue weighted by molar-refractivity contribution is -0.144. The van der Waals surface area contributed by atoms with Crippen LogP contribution in [-0.2, 0) is 26.0 Å². The number of likely N-dealkylation sites (N-methyl/N-ethyl adjacent to an activating group) is 1. The zero-order chi connectivity index (χ0) is 18.4. The lowest BCUT2D eigenvalue weighted by Gasteiger charge is -2.18. The van der Waals surface area contributed by atoms with Crippen LogP contribution in [-0.4, -0.2) is 43.4 Å². The van der Waals surface area contributed by atoms with Crippen molar-refractivity contribution in [2.45, 2.75) is 17.6 Å². The number of rotatable bonds is 8. The molecule has 0 aliphatic heterocycles. The predicted molar refractivity (Wildman–Crippen MR) is 95.2 cm³/mol. The van der Waals surface area contributed by atoms with Crippen LogP contribution >= 0.6 is 11.3 Å². The number of carbonyl (C=O) groups is 2. The first-order valence-electron chi connectivity index (χ1n) is 7.46. The standard InChI is InChI=1S/C16H18N2O5S2/c1-2-18(11-15(20)21)14(19)10-12-5-7-13(8-6-12)17-25(22,23)16-4-3-9-24-16/h3-9,17H,2,10-11H2,1H3,(H,20,21). The molecule has 1 aromatic heterocycles. The highest BCUT2D eigenvalue weighted by atomic mass is 32.2. The van der Waals surface area contributed by atoms with Crippen molar-refractivity contribution in [3.8, 4) is 0 Å². The molecule has 0 atom stereocenters. The molecule has 0 saturated heterocycles. The molecule has 0 unspecified atom stereocenters.